The third-order valence-electron chi connectivity index (χ3n) is 7.66. The zero-order chi connectivity index (χ0) is 26.9. The van der Waals surface area contributed by atoms with Gasteiger partial charge in [0.25, 0.3) is 0 Å². The average Bonchev–Trinajstić information content (AvgIpc) is 3.61. The Labute approximate surface area is 259 Å². The van der Waals surface area contributed by atoms with Crippen LogP contribution in [0.5, 0.6) is 11.5 Å². The van der Waals surface area contributed by atoms with Crippen LogP contribution in [0.15, 0.2) is 115 Å². The Kier molecular flexibility index (Phi) is 5.85. The number of imidazole rings is 1. The number of benzene rings is 5. The molecule has 0 amide bonds. The van der Waals surface area contributed by atoms with E-state index < -0.39 is 0 Å². The zero-order valence-corrected chi connectivity index (χ0v) is 25.0. The van der Waals surface area contributed by atoms with Gasteiger partial charge in [-0.05, 0) is 41.4 Å². The van der Waals surface area contributed by atoms with Gasteiger partial charge in [-0.1, -0.05) is 77.5 Å². The molecule has 0 unspecified atom stereocenters. The van der Waals surface area contributed by atoms with Crippen molar-refractivity contribution in [2.75, 3.05) is 0 Å². The molecule has 0 aliphatic heterocycles. The molecule has 9 aromatic rings. The van der Waals surface area contributed by atoms with Crippen LogP contribution in [0.1, 0.15) is 0 Å². The number of pyridine rings is 2. The molecule has 0 aliphatic rings. The zero-order valence-electron chi connectivity index (χ0n) is 21.9. The summed E-state index contributed by atoms with van der Waals surface area (Å²) in [5, 5.41) is 5.71. The fourth-order valence-corrected chi connectivity index (χ4v) is 7.01. The summed E-state index contributed by atoms with van der Waals surface area (Å²) >= 11 is 1.83. The SMILES string of the molecule is [Pt+2].[c-]1c(Oc2[c-]c3c(cc2)c2ccc4sc5ccccc5c4c2n2c4ccccc4nc32)cccc1-c1ccccn1. The largest absolute Gasteiger partial charge is 2.00 e. The number of thiophene rings is 1. The molecule has 0 radical (unpaired) electrons. The normalized spacial score (nSPS) is 11.6. The Morgan fingerprint density at radius 1 is 0.667 bits per heavy atom. The van der Waals surface area contributed by atoms with E-state index in [9.17, 15) is 0 Å². The fraction of sp³-hybridized carbons (Fsp3) is 0. The molecule has 9 rings (SSSR count). The number of ether oxygens (including phenoxy) is 1. The number of aromatic nitrogens is 3. The van der Waals surface area contributed by atoms with Crippen molar-refractivity contribution < 1.29 is 25.8 Å². The molecule has 0 spiro atoms. The smallest absolute Gasteiger partial charge is 0.497 e. The number of nitrogens with zero attached hydrogens (tertiary/aromatic N) is 3. The van der Waals surface area contributed by atoms with Crippen LogP contribution in [0, 0.1) is 12.1 Å². The van der Waals surface area contributed by atoms with Crippen molar-refractivity contribution in [3.05, 3.63) is 128 Å². The first-order valence-corrected chi connectivity index (χ1v) is 14.2. The third-order valence-corrected chi connectivity index (χ3v) is 8.80. The van der Waals surface area contributed by atoms with Crippen LogP contribution >= 0.6 is 11.3 Å². The molecule has 0 saturated carbocycles. The molecule has 200 valence electrons. The molecule has 6 heteroatoms. The van der Waals surface area contributed by atoms with Crippen molar-refractivity contribution in [1.82, 2.24) is 14.4 Å². The maximum absolute atomic E-state index is 6.32. The molecule has 4 nitrogen and oxygen atoms in total. The number of para-hydroxylation sites is 2. The van der Waals surface area contributed by atoms with Gasteiger partial charge in [0, 0.05) is 43.4 Å². The van der Waals surface area contributed by atoms with Crippen molar-refractivity contribution >= 4 is 69.9 Å². The van der Waals surface area contributed by atoms with E-state index in [0.717, 1.165) is 38.7 Å². The van der Waals surface area contributed by atoms with Crippen molar-refractivity contribution in [2.45, 2.75) is 0 Å². The third kappa shape index (κ3) is 3.78. The standard InChI is InChI=1S/C36H19N3OS.Pt/c1-4-14-32-27(10-1)34-33(41-32)18-17-26-25-16-15-24(40-23-9-7-8-22(20-23)29-11-5-6-19-37-29)21-28(25)36-38-30-12-2-3-13-31(30)39(36)35(26)34;/h1-19H;/q-2;+2. The number of fused-ring (bicyclic) bond motifs is 12. The van der Waals surface area contributed by atoms with Gasteiger partial charge in [-0.25, -0.2) is 0 Å². The average molecular weight is 737 g/mol. The van der Waals surface area contributed by atoms with E-state index in [1.54, 1.807) is 6.20 Å². The summed E-state index contributed by atoms with van der Waals surface area (Å²) in [5.41, 5.74) is 5.80. The fourth-order valence-electron chi connectivity index (χ4n) is 5.90. The predicted molar refractivity (Wildman–Crippen MR) is 168 cm³/mol. The van der Waals surface area contributed by atoms with E-state index in [2.05, 4.69) is 82.2 Å². The van der Waals surface area contributed by atoms with Gasteiger partial charge in [0.05, 0.1) is 16.7 Å². The predicted octanol–water partition coefficient (Wildman–Crippen LogP) is 9.61. The summed E-state index contributed by atoms with van der Waals surface area (Å²) in [6, 6.07) is 44.2. The van der Waals surface area contributed by atoms with Crippen molar-refractivity contribution in [3.63, 3.8) is 0 Å². The first-order chi connectivity index (χ1) is 20.3. The van der Waals surface area contributed by atoms with E-state index in [1.165, 1.54) is 31.1 Å². The molecule has 42 heavy (non-hydrogen) atoms. The summed E-state index contributed by atoms with van der Waals surface area (Å²) in [5.74, 6) is 1.22. The Morgan fingerprint density at radius 3 is 2.43 bits per heavy atom. The second-order valence-electron chi connectivity index (χ2n) is 10.0. The number of hydrogen-bond donors (Lipinski definition) is 0. The Bertz CT molecular complexity index is 2460. The van der Waals surface area contributed by atoms with Crippen molar-refractivity contribution in [2.24, 2.45) is 0 Å². The molecule has 0 bridgehead atoms. The minimum atomic E-state index is 0. The number of rotatable bonds is 3. The van der Waals surface area contributed by atoms with Crippen LogP contribution in [-0.2, 0) is 21.1 Å². The van der Waals surface area contributed by atoms with E-state index in [1.807, 2.05) is 59.9 Å². The minimum absolute atomic E-state index is 0. The molecule has 0 saturated heterocycles. The second-order valence-corrected chi connectivity index (χ2v) is 11.1. The maximum Gasteiger partial charge on any atom is 2.00 e. The van der Waals surface area contributed by atoms with Gasteiger partial charge in [0.15, 0.2) is 0 Å². The van der Waals surface area contributed by atoms with Gasteiger partial charge >= 0.3 is 21.1 Å². The maximum atomic E-state index is 6.32. The van der Waals surface area contributed by atoms with E-state index >= 15 is 0 Å². The topological polar surface area (TPSA) is 39.4 Å². The molecular formula is C36H19N3OPtS. The first kappa shape index (κ1) is 25.2. The van der Waals surface area contributed by atoms with Gasteiger partial charge in [-0.2, -0.15) is 0 Å². The van der Waals surface area contributed by atoms with Crippen molar-refractivity contribution in [3.8, 4) is 22.8 Å². The molecule has 4 heterocycles. The van der Waals surface area contributed by atoms with Crippen LogP contribution < -0.4 is 4.74 Å². The first-order valence-electron chi connectivity index (χ1n) is 13.4. The number of hydrogen-bond acceptors (Lipinski definition) is 4. The summed E-state index contributed by atoms with van der Waals surface area (Å²) in [4.78, 5) is 9.58. The molecule has 0 aliphatic carbocycles. The van der Waals surface area contributed by atoms with Crippen molar-refractivity contribution in [1.29, 1.82) is 0 Å². The van der Waals surface area contributed by atoms with Crippen LogP contribution in [0.4, 0.5) is 0 Å². The van der Waals surface area contributed by atoms with Gasteiger partial charge < -0.3 is 14.1 Å². The molecule has 0 N–H and O–H groups in total. The van der Waals surface area contributed by atoms with E-state index in [-0.39, 0.29) is 21.1 Å². The van der Waals surface area contributed by atoms with E-state index in [0.29, 0.717) is 11.5 Å². The Hall–Kier alpha value is -4.57. The van der Waals surface area contributed by atoms with Crippen LogP contribution in [-0.4, -0.2) is 14.4 Å². The van der Waals surface area contributed by atoms with Crippen LogP contribution in [0.2, 0.25) is 0 Å². The van der Waals surface area contributed by atoms with Gasteiger partial charge in [0.2, 0.25) is 0 Å². The summed E-state index contributed by atoms with van der Waals surface area (Å²) in [6.45, 7) is 0. The van der Waals surface area contributed by atoms with Crippen LogP contribution in [0.25, 0.3) is 69.8 Å². The Morgan fingerprint density at radius 2 is 1.50 bits per heavy atom. The summed E-state index contributed by atoms with van der Waals surface area (Å²) < 4.78 is 11.2. The molecule has 4 aromatic heterocycles. The monoisotopic (exact) mass is 736 g/mol. The Balaban J connectivity index is 0.00000267. The van der Waals surface area contributed by atoms with Gasteiger partial charge in [-0.3, -0.25) is 4.98 Å². The summed E-state index contributed by atoms with van der Waals surface area (Å²) in [6.07, 6.45) is 1.78. The quantitative estimate of drug-likeness (QED) is 0.134. The second kappa shape index (κ2) is 9.76. The minimum Gasteiger partial charge on any atom is -0.497 e. The molecule has 0 fully saturated rings. The summed E-state index contributed by atoms with van der Waals surface area (Å²) in [7, 11) is 0. The van der Waals surface area contributed by atoms with Crippen LogP contribution in [0.3, 0.4) is 0 Å². The molecular weight excluding hydrogens is 718 g/mol. The molecule has 5 aromatic carbocycles. The van der Waals surface area contributed by atoms with Gasteiger partial charge in [0.1, 0.15) is 0 Å². The van der Waals surface area contributed by atoms with Gasteiger partial charge in [-0.15, -0.1) is 41.2 Å². The molecule has 0 atom stereocenters. The van der Waals surface area contributed by atoms with E-state index in [4.69, 9.17) is 9.72 Å².